The smallest absolute Gasteiger partial charge is 0.193 e. The van der Waals surface area contributed by atoms with Crippen molar-refractivity contribution in [2.75, 3.05) is 13.1 Å². The second-order valence-corrected chi connectivity index (χ2v) is 3.88. The molecule has 0 bridgehead atoms. The molecule has 0 saturated carbocycles. The summed E-state index contributed by atoms with van der Waals surface area (Å²) in [5.41, 5.74) is 2.71. The first-order chi connectivity index (χ1) is 7.49. The first kappa shape index (κ1) is 12.6. The zero-order chi connectivity index (χ0) is 12.3. The summed E-state index contributed by atoms with van der Waals surface area (Å²) in [6.45, 7) is 8.13. The Balaban J connectivity index is 3.03. The first-order valence-electron chi connectivity index (χ1n) is 5.43. The number of aryl methyl sites for hydroxylation is 1. The Kier molecular flexibility index (Phi) is 4.01. The molecule has 0 aromatic carbocycles. The Morgan fingerprint density at radius 3 is 2.38 bits per heavy atom. The predicted octanol–water partition coefficient (Wildman–Crippen LogP) is 1.63. The molecule has 0 unspecified atom stereocenters. The lowest BCUT2D eigenvalue weighted by Crippen LogP contribution is -2.23. The fraction of sp³-hybridized carbons (Fsp3) is 0.500. The highest BCUT2D eigenvalue weighted by molar-refractivity contribution is 6.03. The van der Waals surface area contributed by atoms with Gasteiger partial charge in [0.25, 0.3) is 0 Å². The standard InChI is InChI=1S/C12H18N2O2/c1-5-13-6-10(16)12-7(2)11(9(4)15)8(3)14-12/h13-14H,5-6H2,1-4H3. The van der Waals surface area contributed by atoms with Crippen molar-refractivity contribution in [3.8, 4) is 0 Å². The molecule has 0 aliphatic carbocycles. The van der Waals surface area contributed by atoms with Gasteiger partial charge >= 0.3 is 0 Å². The van der Waals surface area contributed by atoms with Crippen molar-refractivity contribution in [3.63, 3.8) is 0 Å². The third-order valence-corrected chi connectivity index (χ3v) is 2.60. The molecular formula is C12H18N2O2. The lowest BCUT2D eigenvalue weighted by Gasteiger charge is -2.00. The van der Waals surface area contributed by atoms with Gasteiger partial charge in [0.1, 0.15) is 0 Å². The molecule has 2 N–H and O–H groups in total. The van der Waals surface area contributed by atoms with Crippen molar-refractivity contribution in [2.45, 2.75) is 27.7 Å². The van der Waals surface area contributed by atoms with Gasteiger partial charge in [-0.2, -0.15) is 0 Å². The molecule has 4 nitrogen and oxygen atoms in total. The first-order valence-corrected chi connectivity index (χ1v) is 5.43. The van der Waals surface area contributed by atoms with Crippen LogP contribution in [0.1, 0.15) is 46.0 Å². The van der Waals surface area contributed by atoms with Crippen LogP contribution in [0.25, 0.3) is 0 Å². The van der Waals surface area contributed by atoms with Gasteiger partial charge in [0.15, 0.2) is 11.6 Å². The van der Waals surface area contributed by atoms with Crippen LogP contribution in [0.3, 0.4) is 0 Å². The van der Waals surface area contributed by atoms with E-state index in [4.69, 9.17) is 0 Å². The minimum atomic E-state index is -0.00579. The van der Waals surface area contributed by atoms with E-state index in [0.29, 0.717) is 17.8 Å². The Morgan fingerprint density at radius 2 is 1.94 bits per heavy atom. The molecule has 16 heavy (non-hydrogen) atoms. The van der Waals surface area contributed by atoms with E-state index in [1.807, 2.05) is 13.8 Å². The summed E-state index contributed by atoms with van der Waals surface area (Å²) >= 11 is 0. The molecule has 1 aromatic heterocycles. The third-order valence-electron chi connectivity index (χ3n) is 2.60. The van der Waals surface area contributed by atoms with E-state index in [-0.39, 0.29) is 11.6 Å². The van der Waals surface area contributed by atoms with Crippen LogP contribution < -0.4 is 5.32 Å². The van der Waals surface area contributed by atoms with Gasteiger partial charge in [0.2, 0.25) is 0 Å². The van der Waals surface area contributed by atoms with Crippen molar-refractivity contribution >= 4 is 11.6 Å². The maximum absolute atomic E-state index is 11.8. The number of carbonyl (C=O) groups excluding carboxylic acids is 2. The van der Waals surface area contributed by atoms with Crippen molar-refractivity contribution in [1.82, 2.24) is 10.3 Å². The quantitative estimate of drug-likeness (QED) is 0.744. The molecule has 0 aliphatic heterocycles. The van der Waals surface area contributed by atoms with Crippen molar-refractivity contribution < 1.29 is 9.59 Å². The number of aromatic nitrogens is 1. The number of rotatable bonds is 5. The zero-order valence-electron chi connectivity index (χ0n) is 10.2. The number of Topliss-reactive ketones (excluding diaryl/α,β-unsaturated/α-hetero) is 2. The van der Waals surface area contributed by atoms with Crippen LogP contribution in [0.4, 0.5) is 0 Å². The summed E-state index contributed by atoms with van der Waals surface area (Å²) in [4.78, 5) is 26.2. The van der Waals surface area contributed by atoms with E-state index >= 15 is 0 Å². The molecule has 4 heteroatoms. The molecule has 0 radical (unpaired) electrons. The molecular weight excluding hydrogens is 204 g/mol. The molecule has 0 amide bonds. The Hall–Kier alpha value is -1.42. The summed E-state index contributed by atoms with van der Waals surface area (Å²) in [6, 6.07) is 0. The molecule has 1 rings (SSSR count). The normalized spacial score (nSPS) is 10.5. The average Bonchev–Trinajstić information content (AvgIpc) is 2.50. The molecule has 0 spiro atoms. The van der Waals surface area contributed by atoms with E-state index in [1.54, 1.807) is 6.92 Å². The van der Waals surface area contributed by atoms with Crippen molar-refractivity contribution in [3.05, 3.63) is 22.5 Å². The monoisotopic (exact) mass is 222 g/mol. The number of hydrogen-bond acceptors (Lipinski definition) is 3. The number of nitrogens with one attached hydrogen (secondary N) is 2. The van der Waals surface area contributed by atoms with Crippen LogP contribution in [0.2, 0.25) is 0 Å². The zero-order valence-corrected chi connectivity index (χ0v) is 10.2. The van der Waals surface area contributed by atoms with Gasteiger partial charge in [0.05, 0.1) is 12.2 Å². The van der Waals surface area contributed by atoms with Gasteiger partial charge in [-0.1, -0.05) is 6.92 Å². The largest absolute Gasteiger partial charge is 0.355 e. The highest BCUT2D eigenvalue weighted by Gasteiger charge is 2.18. The summed E-state index contributed by atoms with van der Waals surface area (Å²) in [5.74, 6) is -0.0105. The van der Waals surface area contributed by atoms with Crippen molar-refractivity contribution in [1.29, 1.82) is 0 Å². The van der Waals surface area contributed by atoms with Gasteiger partial charge in [-0.15, -0.1) is 0 Å². The number of carbonyl (C=O) groups is 2. The number of hydrogen-bond donors (Lipinski definition) is 2. The number of H-pyrrole nitrogens is 1. The van der Waals surface area contributed by atoms with Gasteiger partial charge in [-0.25, -0.2) is 0 Å². The number of aromatic amines is 1. The van der Waals surface area contributed by atoms with E-state index in [1.165, 1.54) is 6.92 Å². The topological polar surface area (TPSA) is 62.0 Å². The molecule has 88 valence electrons. The van der Waals surface area contributed by atoms with E-state index in [0.717, 1.165) is 17.8 Å². The summed E-state index contributed by atoms with van der Waals surface area (Å²) in [5, 5.41) is 2.98. The predicted molar refractivity (Wildman–Crippen MR) is 63.1 cm³/mol. The summed E-state index contributed by atoms with van der Waals surface area (Å²) in [6.07, 6.45) is 0. The Labute approximate surface area is 95.4 Å². The van der Waals surface area contributed by atoms with Gasteiger partial charge in [-0.3, -0.25) is 9.59 Å². The van der Waals surface area contributed by atoms with Crippen LogP contribution in [-0.4, -0.2) is 29.6 Å². The average molecular weight is 222 g/mol. The van der Waals surface area contributed by atoms with Gasteiger partial charge in [-0.05, 0) is 32.9 Å². The number of likely N-dealkylation sites (N-methyl/N-ethyl adjacent to an activating group) is 1. The minimum Gasteiger partial charge on any atom is -0.355 e. The summed E-state index contributed by atoms with van der Waals surface area (Å²) < 4.78 is 0. The Morgan fingerprint density at radius 1 is 1.31 bits per heavy atom. The van der Waals surface area contributed by atoms with Crippen LogP contribution in [-0.2, 0) is 0 Å². The lowest BCUT2D eigenvalue weighted by atomic mass is 10.1. The third kappa shape index (κ3) is 2.39. The van der Waals surface area contributed by atoms with E-state index in [9.17, 15) is 9.59 Å². The molecule has 0 aliphatic rings. The van der Waals surface area contributed by atoms with Crippen LogP contribution >= 0.6 is 0 Å². The molecule has 0 saturated heterocycles. The fourth-order valence-corrected chi connectivity index (χ4v) is 1.88. The van der Waals surface area contributed by atoms with E-state index in [2.05, 4.69) is 10.3 Å². The van der Waals surface area contributed by atoms with Gasteiger partial charge < -0.3 is 10.3 Å². The second-order valence-electron chi connectivity index (χ2n) is 3.88. The molecule has 1 aromatic rings. The summed E-state index contributed by atoms with van der Waals surface area (Å²) in [7, 11) is 0. The molecule has 0 fully saturated rings. The highest BCUT2D eigenvalue weighted by atomic mass is 16.1. The maximum Gasteiger partial charge on any atom is 0.193 e. The number of ketones is 2. The Bertz CT molecular complexity index is 419. The minimum absolute atomic E-state index is 0.00468. The van der Waals surface area contributed by atoms with Crippen molar-refractivity contribution in [2.24, 2.45) is 0 Å². The van der Waals surface area contributed by atoms with Gasteiger partial charge in [0, 0.05) is 11.3 Å². The highest BCUT2D eigenvalue weighted by Crippen LogP contribution is 2.18. The second kappa shape index (κ2) is 5.07. The molecule has 1 heterocycles. The maximum atomic E-state index is 11.8. The molecule has 0 atom stereocenters. The van der Waals surface area contributed by atoms with Crippen LogP contribution in [0.15, 0.2) is 0 Å². The van der Waals surface area contributed by atoms with E-state index < -0.39 is 0 Å². The lowest BCUT2D eigenvalue weighted by molar-refractivity contribution is 0.0986. The van der Waals surface area contributed by atoms with Crippen LogP contribution in [0.5, 0.6) is 0 Å². The SMILES string of the molecule is CCNCC(=O)c1[nH]c(C)c(C(C)=O)c1C. The fourth-order valence-electron chi connectivity index (χ4n) is 1.88. The van der Waals surface area contributed by atoms with Crippen LogP contribution in [0, 0.1) is 13.8 Å².